The van der Waals surface area contributed by atoms with Gasteiger partial charge in [0.15, 0.2) is 0 Å². The molecule has 1 unspecified atom stereocenters. The number of aromatic amines is 1. The third kappa shape index (κ3) is 2.34. The molecule has 2 heterocycles. The van der Waals surface area contributed by atoms with Gasteiger partial charge in [-0.1, -0.05) is 0 Å². The van der Waals surface area contributed by atoms with Crippen molar-refractivity contribution >= 4 is 16.7 Å². The molecular weight excluding hydrogens is 250 g/mol. The summed E-state index contributed by atoms with van der Waals surface area (Å²) in [6, 6.07) is 6.21. The minimum atomic E-state index is 0.102. The summed E-state index contributed by atoms with van der Waals surface area (Å²) in [7, 11) is 0. The van der Waals surface area contributed by atoms with Crippen molar-refractivity contribution in [1.29, 1.82) is 0 Å². The van der Waals surface area contributed by atoms with Crippen LogP contribution in [-0.4, -0.2) is 19.9 Å². The van der Waals surface area contributed by atoms with Gasteiger partial charge in [0.05, 0.1) is 28.5 Å². The van der Waals surface area contributed by atoms with Crippen molar-refractivity contribution in [1.82, 2.24) is 19.9 Å². The third-order valence-corrected chi connectivity index (χ3v) is 3.31. The zero-order valence-corrected chi connectivity index (χ0v) is 11.8. The minimum Gasteiger partial charge on any atom is -0.377 e. The second-order valence-corrected chi connectivity index (χ2v) is 4.95. The number of fused-ring (bicyclic) bond motifs is 1. The largest absolute Gasteiger partial charge is 0.377 e. The molecule has 1 aromatic carbocycles. The monoisotopic (exact) mass is 267 g/mol. The van der Waals surface area contributed by atoms with Gasteiger partial charge < -0.3 is 10.3 Å². The van der Waals surface area contributed by atoms with E-state index in [0.29, 0.717) is 0 Å². The van der Waals surface area contributed by atoms with Gasteiger partial charge >= 0.3 is 0 Å². The van der Waals surface area contributed by atoms with Crippen molar-refractivity contribution in [3.63, 3.8) is 0 Å². The number of nitrogens with one attached hydrogen (secondary N) is 2. The molecule has 0 aliphatic carbocycles. The molecule has 2 aromatic heterocycles. The van der Waals surface area contributed by atoms with Crippen LogP contribution in [0, 0.1) is 13.8 Å². The summed E-state index contributed by atoms with van der Waals surface area (Å²) in [5.41, 5.74) is 4.98. The van der Waals surface area contributed by atoms with Gasteiger partial charge in [0, 0.05) is 18.1 Å². The van der Waals surface area contributed by atoms with Gasteiger partial charge in [-0.05, 0) is 39.0 Å². The summed E-state index contributed by atoms with van der Waals surface area (Å²) in [6.45, 7) is 6.01. The van der Waals surface area contributed by atoms with E-state index in [1.807, 2.05) is 26.0 Å². The Balaban J connectivity index is 1.87. The fraction of sp³-hybridized carbons (Fsp3) is 0.267. The molecule has 3 aromatic rings. The number of hydrogen-bond acceptors (Lipinski definition) is 4. The number of benzene rings is 1. The molecule has 0 amide bonds. The zero-order chi connectivity index (χ0) is 14.1. The fourth-order valence-electron chi connectivity index (χ4n) is 2.39. The van der Waals surface area contributed by atoms with Crippen molar-refractivity contribution in [3.8, 4) is 0 Å². The van der Waals surface area contributed by atoms with E-state index in [9.17, 15) is 0 Å². The lowest BCUT2D eigenvalue weighted by Gasteiger charge is -2.16. The van der Waals surface area contributed by atoms with Crippen LogP contribution in [-0.2, 0) is 0 Å². The molecular formula is C15H17N5. The van der Waals surface area contributed by atoms with Crippen LogP contribution in [0.1, 0.15) is 30.2 Å². The van der Waals surface area contributed by atoms with Crippen molar-refractivity contribution in [3.05, 3.63) is 47.8 Å². The van der Waals surface area contributed by atoms with Crippen LogP contribution in [0.5, 0.6) is 0 Å². The zero-order valence-electron chi connectivity index (χ0n) is 11.8. The van der Waals surface area contributed by atoms with Gasteiger partial charge in [0.25, 0.3) is 0 Å². The van der Waals surface area contributed by atoms with E-state index in [1.165, 1.54) is 0 Å². The maximum atomic E-state index is 4.40. The summed E-state index contributed by atoms with van der Waals surface area (Å²) in [6.07, 6.45) is 3.44. The lowest BCUT2D eigenvalue weighted by Crippen LogP contribution is -2.10. The topological polar surface area (TPSA) is 66.5 Å². The van der Waals surface area contributed by atoms with Crippen LogP contribution in [0.2, 0.25) is 0 Å². The number of rotatable bonds is 3. The predicted octanol–water partition coefficient (Wildman–Crippen LogP) is 3.14. The molecule has 0 aliphatic rings. The Morgan fingerprint density at radius 2 is 1.95 bits per heavy atom. The Morgan fingerprint density at radius 1 is 1.15 bits per heavy atom. The standard InChI is InChI=1S/C15H17N5/c1-9-15(17-7-6-16-9)10(2)18-12-4-5-13-14(8-12)20-11(3)19-13/h4-8,10,18H,1-3H3,(H,19,20). The molecule has 0 spiro atoms. The average molecular weight is 267 g/mol. The summed E-state index contributed by atoms with van der Waals surface area (Å²) in [4.78, 5) is 16.3. The first kappa shape index (κ1) is 12.6. The number of imidazole rings is 1. The Bertz CT molecular complexity index is 747. The number of anilines is 1. The van der Waals surface area contributed by atoms with E-state index in [0.717, 1.165) is 33.9 Å². The van der Waals surface area contributed by atoms with E-state index in [1.54, 1.807) is 12.4 Å². The Hall–Kier alpha value is -2.43. The van der Waals surface area contributed by atoms with Gasteiger partial charge in [0.1, 0.15) is 5.82 Å². The molecule has 0 saturated heterocycles. The van der Waals surface area contributed by atoms with Crippen molar-refractivity contribution < 1.29 is 0 Å². The third-order valence-electron chi connectivity index (χ3n) is 3.31. The van der Waals surface area contributed by atoms with Crippen molar-refractivity contribution in [2.75, 3.05) is 5.32 Å². The van der Waals surface area contributed by atoms with Crippen LogP contribution in [0.4, 0.5) is 5.69 Å². The highest BCUT2D eigenvalue weighted by molar-refractivity contribution is 5.79. The molecule has 0 radical (unpaired) electrons. The Labute approximate surface area is 117 Å². The SMILES string of the molecule is Cc1nc2ccc(NC(C)c3nccnc3C)cc2[nH]1. The van der Waals surface area contributed by atoms with Gasteiger partial charge in [-0.3, -0.25) is 9.97 Å². The summed E-state index contributed by atoms with van der Waals surface area (Å²) >= 11 is 0. The minimum absolute atomic E-state index is 0.102. The number of nitrogens with zero attached hydrogens (tertiary/aromatic N) is 3. The first-order valence-corrected chi connectivity index (χ1v) is 6.64. The molecule has 5 nitrogen and oxygen atoms in total. The second-order valence-electron chi connectivity index (χ2n) is 4.95. The number of aryl methyl sites for hydroxylation is 2. The first-order chi connectivity index (χ1) is 9.63. The highest BCUT2D eigenvalue weighted by Crippen LogP contribution is 2.22. The van der Waals surface area contributed by atoms with Gasteiger partial charge in [-0.25, -0.2) is 4.98 Å². The van der Waals surface area contributed by atoms with Crippen LogP contribution in [0.15, 0.2) is 30.6 Å². The molecule has 1 atom stereocenters. The van der Waals surface area contributed by atoms with E-state index in [-0.39, 0.29) is 6.04 Å². The van der Waals surface area contributed by atoms with Crippen LogP contribution < -0.4 is 5.32 Å². The summed E-state index contributed by atoms with van der Waals surface area (Å²) < 4.78 is 0. The smallest absolute Gasteiger partial charge is 0.104 e. The molecule has 3 rings (SSSR count). The first-order valence-electron chi connectivity index (χ1n) is 6.64. The summed E-state index contributed by atoms with van der Waals surface area (Å²) in [5, 5.41) is 3.45. The summed E-state index contributed by atoms with van der Waals surface area (Å²) in [5.74, 6) is 0.926. The fourth-order valence-corrected chi connectivity index (χ4v) is 2.39. The van der Waals surface area contributed by atoms with E-state index in [4.69, 9.17) is 0 Å². The van der Waals surface area contributed by atoms with Gasteiger partial charge in [-0.2, -0.15) is 0 Å². The van der Waals surface area contributed by atoms with Crippen molar-refractivity contribution in [2.24, 2.45) is 0 Å². The van der Waals surface area contributed by atoms with E-state index in [2.05, 4.69) is 38.2 Å². The van der Waals surface area contributed by atoms with Gasteiger partial charge in [0.2, 0.25) is 0 Å². The normalized spacial score (nSPS) is 12.6. The molecule has 5 heteroatoms. The van der Waals surface area contributed by atoms with Gasteiger partial charge in [-0.15, -0.1) is 0 Å². The van der Waals surface area contributed by atoms with Crippen molar-refractivity contribution in [2.45, 2.75) is 26.8 Å². The molecule has 0 aliphatic heterocycles. The molecule has 2 N–H and O–H groups in total. The Kier molecular flexibility index (Phi) is 3.10. The number of hydrogen-bond donors (Lipinski definition) is 2. The van der Waals surface area contributed by atoms with E-state index < -0.39 is 0 Å². The lowest BCUT2D eigenvalue weighted by atomic mass is 10.1. The quantitative estimate of drug-likeness (QED) is 0.765. The maximum absolute atomic E-state index is 4.40. The highest BCUT2D eigenvalue weighted by atomic mass is 15.0. The molecule has 0 bridgehead atoms. The molecule has 20 heavy (non-hydrogen) atoms. The van der Waals surface area contributed by atoms with Crippen LogP contribution in [0.25, 0.3) is 11.0 Å². The highest BCUT2D eigenvalue weighted by Gasteiger charge is 2.11. The van der Waals surface area contributed by atoms with E-state index >= 15 is 0 Å². The number of aromatic nitrogens is 4. The lowest BCUT2D eigenvalue weighted by molar-refractivity contribution is 0.810. The maximum Gasteiger partial charge on any atom is 0.104 e. The Morgan fingerprint density at radius 3 is 2.75 bits per heavy atom. The van der Waals surface area contributed by atoms with Crippen LogP contribution in [0.3, 0.4) is 0 Å². The molecule has 0 fully saturated rings. The average Bonchev–Trinajstić information content (AvgIpc) is 2.78. The predicted molar refractivity (Wildman–Crippen MR) is 79.6 cm³/mol. The molecule has 0 saturated carbocycles. The second kappa shape index (κ2) is 4.92. The molecule has 102 valence electrons. The number of H-pyrrole nitrogens is 1. The van der Waals surface area contributed by atoms with Crippen LogP contribution >= 0.6 is 0 Å².